The minimum Gasteiger partial charge on any atom is -0.481 e. The summed E-state index contributed by atoms with van der Waals surface area (Å²) in [5.74, 6) is -0.126. The molecule has 2 N–H and O–H groups in total. The van der Waals surface area contributed by atoms with Gasteiger partial charge in [0.2, 0.25) is 11.9 Å². The van der Waals surface area contributed by atoms with Gasteiger partial charge in [-0.05, 0) is 44.4 Å². The van der Waals surface area contributed by atoms with Crippen molar-refractivity contribution >= 4 is 52.0 Å². The third-order valence-electron chi connectivity index (χ3n) is 6.38. The van der Waals surface area contributed by atoms with Crippen molar-refractivity contribution in [2.45, 2.75) is 32.2 Å². The van der Waals surface area contributed by atoms with Crippen LogP contribution in [0.1, 0.15) is 41.4 Å². The van der Waals surface area contributed by atoms with E-state index in [0.717, 1.165) is 19.3 Å². The van der Waals surface area contributed by atoms with Gasteiger partial charge in [-0.1, -0.05) is 18.2 Å². The van der Waals surface area contributed by atoms with E-state index < -0.39 is 0 Å². The number of aromatic nitrogens is 3. The Kier molecular flexibility index (Phi) is 6.36. The van der Waals surface area contributed by atoms with Crippen LogP contribution in [0.2, 0.25) is 5.02 Å². The molecule has 1 fully saturated rings. The van der Waals surface area contributed by atoms with E-state index in [0.29, 0.717) is 46.8 Å². The lowest BCUT2D eigenvalue weighted by Gasteiger charge is -2.27. The average Bonchev–Trinajstić information content (AvgIpc) is 3.04. The lowest BCUT2D eigenvalue weighted by Crippen LogP contribution is -2.34. The first-order valence-corrected chi connectivity index (χ1v) is 12.1. The third kappa shape index (κ3) is 4.39. The smallest absolute Gasteiger partial charge is 0.262 e. The average molecular weight is 509 g/mol. The number of hydrogen-bond acceptors (Lipinski definition) is 6. The molecule has 10 nitrogen and oxygen atoms in total. The SMILES string of the molecule is C=CC(=O)N1CCCC[C@@H](n2c(NC(=O)c3ccnc(C)c3)nc3cc4c(c(Cl)c32)NC(=O)CO4)C1. The number of hydrogen-bond donors (Lipinski definition) is 2. The molecule has 0 spiro atoms. The Morgan fingerprint density at radius 2 is 2.17 bits per heavy atom. The molecule has 1 atom stereocenters. The molecule has 1 saturated heterocycles. The zero-order chi connectivity index (χ0) is 25.4. The summed E-state index contributed by atoms with van der Waals surface area (Å²) in [6.07, 6.45) is 5.32. The fraction of sp³-hybridized carbons (Fsp3) is 0.320. The molecule has 3 amide bonds. The number of aryl methyl sites for hydroxylation is 1. The van der Waals surface area contributed by atoms with Gasteiger partial charge in [-0.25, -0.2) is 4.98 Å². The molecular weight excluding hydrogens is 484 g/mol. The van der Waals surface area contributed by atoms with Gasteiger partial charge in [0.1, 0.15) is 11.4 Å². The van der Waals surface area contributed by atoms with E-state index in [1.54, 1.807) is 36.2 Å². The molecule has 0 bridgehead atoms. The number of carbonyl (C=O) groups excluding carboxylic acids is 3. The summed E-state index contributed by atoms with van der Waals surface area (Å²) in [5.41, 5.74) is 2.55. The molecule has 5 rings (SSSR count). The maximum absolute atomic E-state index is 13.2. The maximum atomic E-state index is 13.2. The van der Waals surface area contributed by atoms with Gasteiger partial charge in [0.25, 0.3) is 11.8 Å². The monoisotopic (exact) mass is 508 g/mol. The highest BCUT2D eigenvalue weighted by molar-refractivity contribution is 6.39. The Hall–Kier alpha value is -3.92. The number of halogens is 1. The van der Waals surface area contributed by atoms with Crippen molar-refractivity contribution in [1.82, 2.24) is 19.4 Å². The van der Waals surface area contributed by atoms with Crippen LogP contribution in [0.15, 0.2) is 37.1 Å². The van der Waals surface area contributed by atoms with E-state index in [1.165, 1.54) is 6.08 Å². The summed E-state index contributed by atoms with van der Waals surface area (Å²) in [5, 5.41) is 5.95. The zero-order valence-electron chi connectivity index (χ0n) is 19.7. The number of nitrogens with one attached hydrogen (secondary N) is 2. The van der Waals surface area contributed by atoms with Crippen LogP contribution in [0.25, 0.3) is 11.0 Å². The summed E-state index contributed by atoms with van der Waals surface area (Å²) in [6, 6.07) is 4.78. The van der Waals surface area contributed by atoms with Crippen molar-refractivity contribution in [3.05, 3.63) is 53.3 Å². The van der Waals surface area contributed by atoms with E-state index in [4.69, 9.17) is 21.3 Å². The van der Waals surface area contributed by atoms with E-state index in [2.05, 4.69) is 22.2 Å². The minimum atomic E-state index is -0.352. The molecule has 4 heterocycles. The van der Waals surface area contributed by atoms with Crippen LogP contribution in [-0.2, 0) is 9.59 Å². The van der Waals surface area contributed by atoms with Crippen molar-refractivity contribution in [2.75, 3.05) is 30.3 Å². The van der Waals surface area contributed by atoms with E-state index in [1.807, 2.05) is 4.57 Å². The lowest BCUT2D eigenvalue weighted by molar-refractivity contribution is -0.126. The first-order valence-electron chi connectivity index (χ1n) is 11.7. The maximum Gasteiger partial charge on any atom is 0.262 e. The van der Waals surface area contributed by atoms with Gasteiger partial charge >= 0.3 is 0 Å². The van der Waals surface area contributed by atoms with E-state index >= 15 is 0 Å². The highest BCUT2D eigenvalue weighted by atomic mass is 35.5. The van der Waals surface area contributed by atoms with Gasteiger partial charge in [0.05, 0.1) is 22.1 Å². The topological polar surface area (TPSA) is 118 Å². The van der Waals surface area contributed by atoms with Crippen molar-refractivity contribution in [1.29, 1.82) is 0 Å². The fourth-order valence-corrected chi connectivity index (χ4v) is 5.03. The Labute approximate surface area is 212 Å². The summed E-state index contributed by atoms with van der Waals surface area (Å²) in [6.45, 7) is 6.31. The number of pyridine rings is 1. The van der Waals surface area contributed by atoms with Gasteiger partial charge in [0, 0.05) is 36.6 Å². The van der Waals surface area contributed by atoms with Gasteiger partial charge < -0.3 is 19.5 Å². The normalized spacial score (nSPS) is 17.6. The van der Waals surface area contributed by atoms with Gasteiger partial charge in [0.15, 0.2) is 6.61 Å². The third-order valence-corrected chi connectivity index (χ3v) is 6.75. The van der Waals surface area contributed by atoms with E-state index in [9.17, 15) is 14.4 Å². The number of imidazole rings is 1. The number of benzene rings is 1. The highest BCUT2D eigenvalue weighted by Gasteiger charge is 2.30. The minimum absolute atomic E-state index is 0.123. The summed E-state index contributed by atoms with van der Waals surface area (Å²) < 4.78 is 7.42. The van der Waals surface area contributed by atoms with Crippen molar-refractivity contribution in [3.63, 3.8) is 0 Å². The fourth-order valence-electron chi connectivity index (χ4n) is 4.70. The number of rotatable bonds is 4. The van der Waals surface area contributed by atoms with Crippen LogP contribution in [0.3, 0.4) is 0 Å². The quantitative estimate of drug-likeness (QED) is 0.518. The molecule has 0 saturated carbocycles. The molecule has 1 aromatic carbocycles. The lowest BCUT2D eigenvalue weighted by atomic mass is 10.1. The molecule has 3 aromatic rings. The Bertz CT molecular complexity index is 1400. The molecule has 186 valence electrons. The van der Waals surface area contributed by atoms with Crippen molar-refractivity contribution < 1.29 is 19.1 Å². The van der Waals surface area contributed by atoms with E-state index in [-0.39, 0.29) is 41.3 Å². The van der Waals surface area contributed by atoms with Gasteiger partial charge in [-0.2, -0.15) is 0 Å². The Morgan fingerprint density at radius 3 is 2.94 bits per heavy atom. The van der Waals surface area contributed by atoms with Crippen LogP contribution >= 0.6 is 11.6 Å². The highest BCUT2D eigenvalue weighted by Crippen LogP contribution is 2.43. The van der Waals surface area contributed by atoms with Gasteiger partial charge in [-0.15, -0.1) is 0 Å². The van der Waals surface area contributed by atoms with Gasteiger partial charge in [-0.3, -0.25) is 24.7 Å². The second kappa shape index (κ2) is 9.62. The van der Waals surface area contributed by atoms with Crippen LogP contribution in [0.5, 0.6) is 5.75 Å². The molecule has 0 radical (unpaired) electrons. The first-order chi connectivity index (χ1) is 17.4. The molecule has 2 aromatic heterocycles. The zero-order valence-corrected chi connectivity index (χ0v) is 20.5. The van der Waals surface area contributed by atoms with Crippen LogP contribution in [0.4, 0.5) is 11.6 Å². The second-order valence-electron chi connectivity index (χ2n) is 8.85. The second-order valence-corrected chi connectivity index (χ2v) is 9.23. The predicted molar refractivity (Wildman–Crippen MR) is 135 cm³/mol. The summed E-state index contributed by atoms with van der Waals surface area (Å²) in [4.78, 5) is 48.2. The number of likely N-dealkylation sites (tertiary alicyclic amines) is 1. The van der Waals surface area contributed by atoms with Crippen LogP contribution in [-0.4, -0.2) is 56.9 Å². The number of amides is 3. The molecule has 11 heteroatoms. The predicted octanol–water partition coefficient (Wildman–Crippen LogP) is 3.72. The molecule has 2 aliphatic rings. The summed E-state index contributed by atoms with van der Waals surface area (Å²) in [7, 11) is 0. The summed E-state index contributed by atoms with van der Waals surface area (Å²) >= 11 is 6.83. The number of carbonyl (C=O) groups is 3. The van der Waals surface area contributed by atoms with Crippen LogP contribution < -0.4 is 15.4 Å². The molecule has 2 aliphatic heterocycles. The van der Waals surface area contributed by atoms with Crippen molar-refractivity contribution in [2.24, 2.45) is 0 Å². The molecule has 0 aliphatic carbocycles. The molecule has 0 unspecified atom stereocenters. The standard InChI is InChI=1S/C25H25ClN6O4/c1-3-20(34)31-9-5-4-6-16(12-31)32-23-17(11-18-22(21(23)26)29-19(33)13-36-18)28-25(32)30-24(35)15-7-8-27-14(2)10-15/h3,7-8,10-11,16H,1,4-6,9,12-13H2,2H3,(H,29,33)(H,28,30,35)/t16-/m1/s1. The molecular formula is C25H25ClN6O4. The van der Waals surface area contributed by atoms with Crippen LogP contribution in [0, 0.1) is 6.92 Å². The number of anilines is 2. The number of fused-ring (bicyclic) bond motifs is 2. The number of nitrogens with zero attached hydrogens (tertiary/aromatic N) is 4. The van der Waals surface area contributed by atoms with Crippen molar-refractivity contribution in [3.8, 4) is 5.75 Å². The first kappa shape index (κ1) is 23.8. The largest absolute Gasteiger partial charge is 0.481 e. The molecule has 36 heavy (non-hydrogen) atoms. The Morgan fingerprint density at radius 1 is 1.33 bits per heavy atom. The Balaban J connectivity index is 1.64. The number of ether oxygens (including phenoxy) is 1.